The highest BCUT2D eigenvalue weighted by Gasteiger charge is 2.35. The van der Waals surface area contributed by atoms with Crippen LogP contribution in [0.3, 0.4) is 0 Å². The highest BCUT2D eigenvalue weighted by Crippen LogP contribution is 2.38. The summed E-state index contributed by atoms with van der Waals surface area (Å²) in [6.45, 7) is 3.35. The number of benzene rings is 4. The molecule has 4 aromatic carbocycles. The van der Waals surface area contributed by atoms with Gasteiger partial charge in [0.15, 0.2) is 0 Å². The average Bonchev–Trinajstić information content (AvgIpc) is 3.29. The number of carbonyl (C=O) groups is 1. The van der Waals surface area contributed by atoms with E-state index in [9.17, 15) is 4.79 Å². The van der Waals surface area contributed by atoms with Crippen LogP contribution in [0.2, 0.25) is 0 Å². The number of hydrogen-bond acceptors (Lipinski definition) is 3. The Bertz CT molecular complexity index is 1410. The van der Waals surface area contributed by atoms with Crippen LogP contribution in [-0.2, 0) is 11.3 Å². The molecular weight excluding hydrogens is 454 g/mol. The molecule has 4 nitrogen and oxygen atoms in total. The van der Waals surface area contributed by atoms with Crippen LogP contribution in [0.4, 0.5) is 11.4 Å². The molecule has 4 heteroatoms. The fraction of sp³-hybridized carbons (Fsp3) is 0.212. The lowest BCUT2D eigenvalue weighted by molar-refractivity contribution is -0.115. The molecule has 4 aromatic rings. The van der Waals surface area contributed by atoms with Gasteiger partial charge in [-0.1, -0.05) is 91.3 Å². The van der Waals surface area contributed by atoms with Crippen molar-refractivity contribution < 1.29 is 4.79 Å². The standard InChI is InChI=1S/C33H31N3O/c37-33-31(29-19-16-27(22-30(29)35-33)25-10-4-1-5-11-25)32(26-12-6-2-7-13-26)34-28-17-14-24(15-18-28)23-36-20-8-3-9-21-36/h1-2,4-7,10-19,22,31H,3,8-9,20-21,23H2,(H,35,37). The maximum atomic E-state index is 13.4. The van der Waals surface area contributed by atoms with Gasteiger partial charge in [-0.2, -0.15) is 0 Å². The molecule has 2 heterocycles. The lowest BCUT2D eigenvalue weighted by Gasteiger charge is -2.26. The molecule has 184 valence electrons. The van der Waals surface area contributed by atoms with Crippen LogP contribution < -0.4 is 5.32 Å². The molecule has 6 rings (SSSR count). The topological polar surface area (TPSA) is 44.7 Å². The van der Waals surface area contributed by atoms with Crippen molar-refractivity contribution in [3.63, 3.8) is 0 Å². The first-order chi connectivity index (χ1) is 18.2. The van der Waals surface area contributed by atoms with E-state index in [-0.39, 0.29) is 5.91 Å². The van der Waals surface area contributed by atoms with Gasteiger partial charge >= 0.3 is 0 Å². The second kappa shape index (κ2) is 10.5. The van der Waals surface area contributed by atoms with E-state index in [2.05, 4.69) is 64.8 Å². The van der Waals surface area contributed by atoms with Crippen molar-refractivity contribution in [2.75, 3.05) is 18.4 Å². The van der Waals surface area contributed by atoms with Crippen LogP contribution in [0.1, 0.15) is 41.9 Å². The van der Waals surface area contributed by atoms with Crippen LogP contribution in [0.5, 0.6) is 0 Å². The Hall–Kier alpha value is -4.02. The minimum atomic E-state index is -0.463. The number of carbonyl (C=O) groups excluding carboxylic acids is 1. The fourth-order valence-corrected chi connectivity index (χ4v) is 5.44. The normalized spacial score (nSPS) is 17.9. The molecule has 0 aromatic heterocycles. The second-order valence-electron chi connectivity index (χ2n) is 9.96. The van der Waals surface area contributed by atoms with E-state index in [1.54, 1.807) is 0 Å². The molecule has 1 atom stereocenters. The number of piperidine rings is 1. The van der Waals surface area contributed by atoms with Gasteiger partial charge < -0.3 is 5.32 Å². The quantitative estimate of drug-likeness (QED) is 0.294. The first kappa shape index (κ1) is 23.4. The molecule has 37 heavy (non-hydrogen) atoms. The summed E-state index contributed by atoms with van der Waals surface area (Å²) < 4.78 is 0. The zero-order chi connectivity index (χ0) is 25.0. The second-order valence-corrected chi connectivity index (χ2v) is 9.96. The fourth-order valence-electron chi connectivity index (χ4n) is 5.44. The number of fused-ring (bicyclic) bond motifs is 1. The molecule has 0 saturated carbocycles. The molecule has 0 aliphatic carbocycles. The molecule has 1 N–H and O–H groups in total. The maximum absolute atomic E-state index is 13.4. The summed E-state index contributed by atoms with van der Waals surface area (Å²) in [5.41, 5.74) is 7.94. The average molecular weight is 486 g/mol. The van der Waals surface area contributed by atoms with E-state index >= 15 is 0 Å². The summed E-state index contributed by atoms with van der Waals surface area (Å²) in [6, 6.07) is 35.0. The molecule has 0 radical (unpaired) electrons. The van der Waals surface area contributed by atoms with Crippen LogP contribution in [0.25, 0.3) is 11.1 Å². The Morgan fingerprint density at radius 2 is 1.49 bits per heavy atom. The summed E-state index contributed by atoms with van der Waals surface area (Å²) in [6.07, 6.45) is 3.93. The molecule has 1 unspecified atom stereocenters. The number of aliphatic imine (C=N–C) groups is 1. The lowest BCUT2D eigenvalue weighted by atomic mass is 9.89. The van der Waals surface area contributed by atoms with Crippen molar-refractivity contribution in [3.8, 4) is 11.1 Å². The molecular formula is C33H31N3O. The Morgan fingerprint density at radius 3 is 2.22 bits per heavy atom. The van der Waals surface area contributed by atoms with Crippen LogP contribution in [-0.4, -0.2) is 29.6 Å². The van der Waals surface area contributed by atoms with Gasteiger partial charge in [0, 0.05) is 12.2 Å². The van der Waals surface area contributed by atoms with E-state index in [1.165, 1.54) is 37.9 Å². The van der Waals surface area contributed by atoms with E-state index in [1.807, 2.05) is 48.5 Å². The van der Waals surface area contributed by atoms with Crippen molar-refractivity contribution in [1.82, 2.24) is 4.90 Å². The minimum absolute atomic E-state index is 0.0375. The van der Waals surface area contributed by atoms with Crippen molar-refractivity contribution in [2.24, 2.45) is 4.99 Å². The zero-order valence-corrected chi connectivity index (χ0v) is 20.9. The van der Waals surface area contributed by atoms with Crippen molar-refractivity contribution in [2.45, 2.75) is 31.7 Å². The van der Waals surface area contributed by atoms with E-state index in [0.29, 0.717) is 0 Å². The maximum Gasteiger partial charge on any atom is 0.238 e. The van der Waals surface area contributed by atoms with Crippen molar-refractivity contribution in [1.29, 1.82) is 0 Å². The van der Waals surface area contributed by atoms with E-state index < -0.39 is 5.92 Å². The van der Waals surface area contributed by atoms with Crippen LogP contribution in [0, 0.1) is 0 Å². The van der Waals surface area contributed by atoms with Gasteiger partial charge in [0.25, 0.3) is 0 Å². The predicted molar refractivity (Wildman–Crippen MR) is 151 cm³/mol. The lowest BCUT2D eigenvalue weighted by Crippen LogP contribution is -2.28. The molecule has 2 aliphatic heterocycles. The van der Waals surface area contributed by atoms with Crippen LogP contribution >= 0.6 is 0 Å². The SMILES string of the molecule is O=C1Nc2cc(-c3ccccc3)ccc2C1C(=Nc1ccc(CN2CCCCC2)cc1)c1ccccc1. The molecule has 2 aliphatic rings. The van der Waals surface area contributed by atoms with Crippen molar-refractivity contribution in [3.05, 3.63) is 120 Å². The van der Waals surface area contributed by atoms with Gasteiger partial charge in [0.1, 0.15) is 5.92 Å². The Labute approximate surface area is 218 Å². The summed E-state index contributed by atoms with van der Waals surface area (Å²) in [5.74, 6) is -0.500. The summed E-state index contributed by atoms with van der Waals surface area (Å²) in [5, 5.41) is 3.12. The van der Waals surface area contributed by atoms with Gasteiger partial charge in [0.05, 0.1) is 11.4 Å². The molecule has 1 saturated heterocycles. The monoisotopic (exact) mass is 485 g/mol. The summed E-state index contributed by atoms with van der Waals surface area (Å²) in [4.78, 5) is 21.0. The number of rotatable bonds is 6. The molecule has 0 spiro atoms. The number of anilines is 1. The summed E-state index contributed by atoms with van der Waals surface area (Å²) in [7, 11) is 0. The Kier molecular flexibility index (Phi) is 6.66. The molecule has 1 amide bonds. The molecule has 1 fully saturated rings. The van der Waals surface area contributed by atoms with Gasteiger partial charge in [-0.3, -0.25) is 14.7 Å². The third-order valence-corrected chi connectivity index (χ3v) is 7.38. The number of nitrogens with one attached hydrogen (secondary N) is 1. The van der Waals surface area contributed by atoms with Crippen LogP contribution in [0.15, 0.2) is 108 Å². The number of amides is 1. The van der Waals surface area contributed by atoms with Crippen molar-refractivity contribution >= 4 is 23.0 Å². The largest absolute Gasteiger partial charge is 0.325 e. The zero-order valence-electron chi connectivity index (χ0n) is 20.9. The van der Waals surface area contributed by atoms with Gasteiger partial charge in [0.2, 0.25) is 5.91 Å². The molecule has 0 bridgehead atoms. The highest BCUT2D eigenvalue weighted by atomic mass is 16.2. The van der Waals surface area contributed by atoms with Gasteiger partial charge in [-0.05, 0) is 71.9 Å². The number of nitrogens with zero attached hydrogens (tertiary/aromatic N) is 2. The third-order valence-electron chi connectivity index (χ3n) is 7.38. The number of hydrogen-bond donors (Lipinski definition) is 1. The first-order valence-corrected chi connectivity index (χ1v) is 13.2. The minimum Gasteiger partial charge on any atom is -0.325 e. The Balaban J connectivity index is 1.33. The number of likely N-dealkylation sites (tertiary alicyclic amines) is 1. The predicted octanol–water partition coefficient (Wildman–Crippen LogP) is 7.20. The van der Waals surface area contributed by atoms with E-state index in [0.717, 1.165) is 45.9 Å². The third kappa shape index (κ3) is 5.11. The summed E-state index contributed by atoms with van der Waals surface area (Å²) >= 11 is 0. The highest BCUT2D eigenvalue weighted by molar-refractivity contribution is 6.24. The van der Waals surface area contributed by atoms with Gasteiger partial charge in [-0.15, -0.1) is 0 Å². The first-order valence-electron chi connectivity index (χ1n) is 13.2. The van der Waals surface area contributed by atoms with E-state index in [4.69, 9.17) is 4.99 Å². The smallest absolute Gasteiger partial charge is 0.238 e. The van der Waals surface area contributed by atoms with Gasteiger partial charge in [-0.25, -0.2) is 0 Å². The Morgan fingerprint density at radius 1 is 0.784 bits per heavy atom.